The van der Waals surface area contributed by atoms with Crippen LogP contribution in [-0.4, -0.2) is 13.1 Å². The number of esters is 1. The van der Waals surface area contributed by atoms with E-state index in [2.05, 4.69) is 6.92 Å². The number of carbonyl (C=O) groups excluding carboxylic acids is 1. The molecule has 2 atom stereocenters. The molecular weight excluding hydrogens is 252 g/mol. The Bertz CT molecular complexity index is 424. The van der Waals surface area contributed by atoms with Crippen molar-refractivity contribution in [3.05, 3.63) is 29.8 Å². The lowest BCUT2D eigenvalue weighted by Crippen LogP contribution is -2.26. The Hall–Kier alpha value is -1.51. The van der Waals surface area contributed by atoms with Crippen LogP contribution in [0.2, 0.25) is 0 Å². The number of unbranched alkanes of at least 4 members (excludes halogenated alkanes) is 2. The largest absolute Gasteiger partial charge is 0.497 e. The summed E-state index contributed by atoms with van der Waals surface area (Å²) in [5, 5.41) is 0. The van der Waals surface area contributed by atoms with Crippen LogP contribution in [0.15, 0.2) is 24.3 Å². The summed E-state index contributed by atoms with van der Waals surface area (Å²) in [7, 11) is 1.65. The number of carbonyl (C=O) groups is 1. The van der Waals surface area contributed by atoms with Crippen molar-refractivity contribution in [2.75, 3.05) is 7.11 Å². The highest BCUT2D eigenvalue weighted by atomic mass is 16.5. The average molecular weight is 276 g/mol. The van der Waals surface area contributed by atoms with Gasteiger partial charge >= 0.3 is 5.97 Å². The second-order valence-corrected chi connectivity index (χ2v) is 5.47. The van der Waals surface area contributed by atoms with E-state index >= 15 is 0 Å². The normalized spacial score (nSPS) is 22.4. The van der Waals surface area contributed by atoms with Crippen LogP contribution >= 0.6 is 0 Å². The predicted molar refractivity (Wildman–Crippen MR) is 78.7 cm³/mol. The molecule has 3 heteroatoms. The fourth-order valence-corrected chi connectivity index (χ4v) is 2.72. The fourth-order valence-electron chi connectivity index (χ4n) is 2.72. The van der Waals surface area contributed by atoms with Crippen LogP contribution in [0.25, 0.3) is 0 Å². The summed E-state index contributed by atoms with van der Waals surface area (Å²) in [5.74, 6) is 0.914. The van der Waals surface area contributed by atoms with Gasteiger partial charge in [-0.15, -0.1) is 0 Å². The van der Waals surface area contributed by atoms with Crippen molar-refractivity contribution >= 4 is 5.97 Å². The first-order valence-corrected chi connectivity index (χ1v) is 7.59. The third-order valence-electron chi connectivity index (χ3n) is 4.01. The van der Waals surface area contributed by atoms with Crippen LogP contribution in [0.3, 0.4) is 0 Å². The molecule has 1 aromatic carbocycles. The van der Waals surface area contributed by atoms with Crippen molar-refractivity contribution in [2.24, 2.45) is 5.92 Å². The monoisotopic (exact) mass is 276 g/mol. The molecule has 2 unspecified atom stereocenters. The van der Waals surface area contributed by atoms with E-state index in [1.807, 2.05) is 24.3 Å². The summed E-state index contributed by atoms with van der Waals surface area (Å²) >= 11 is 0. The molecular formula is C17H24O3. The summed E-state index contributed by atoms with van der Waals surface area (Å²) < 4.78 is 10.8. The Kier molecular flexibility index (Phi) is 5.45. The number of cyclic esters (lactones) is 1. The van der Waals surface area contributed by atoms with E-state index in [9.17, 15) is 4.79 Å². The minimum absolute atomic E-state index is 0.0202. The van der Waals surface area contributed by atoms with E-state index < -0.39 is 0 Å². The van der Waals surface area contributed by atoms with E-state index in [1.165, 1.54) is 12.8 Å². The van der Waals surface area contributed by atoms with Crippen molar-refractivity contribution in [1.82, 2.24) is 0 Å². The Labute approximate surface area is 121 Å². The molecule has 0 N–H and O–H groups in total. The van der Waals surface area contributed by atoms with Gasteiger partial charge in [0.2, 0.25) is 0 Å². The Morgan fingerprint density at radius 3 is 2.55 bits per heavy atom. The molecule has 0 radical (unpaired) electrons. The summed E-state index contributed by atoms with van der Waals surface area (Å²) in [4.78, 5) is 12.0. The van der Waals surface area contributed by atoms with Gasteiger partial charge in [-0.05, 0) is 37.0 Å². The lowest BCUT2D eigenvalue weighted by Gasteiger charge is -2.28. The maximum Gasteiger partial charge on any atom is 0.309 e. The molecule has 0 aliphatic carbocycles. The van der Waals surface area contributed by atoms with Gasteiger partial charge in [0.05, 0.1) is 13.0 Å². The molecule has 0 saturated carbocycles. The summed E-state index contributed by atoms with van der Waals surface area (Å²) in [6, 6.07) is 7.79. The number of benzene rings is 1. The first-order chi connectivity index (χ1) is 9.74. The first kappa shape index (κ1) is 14.9. The summed E-state index contributed by atoms with van der Waals surface area (Å²) in [6.45, 7) is 2.18. The van der Waals surface area contributed by atoms with Crippen LogP contribution in [0.5, 0.6) is 5.75 Å². The number of rotatable bonds is 6. The standard InChI is InChI=1S/C17H24O3/c1-3-4-5-6-14-9-12-16(20-17(14)18)13-7-10-15(19-2)11-8-13/h7-8,10-11,14,16H,3-6,9,12H2,1-2H3. The van der Waals surface area contributed by atoms with Gasteiger partial charge in [-0.2, -0.15) is 0 Å². The fraction of sp³-hybridized carbons (Fsp3) is 0.588. The van der Waals surface area contributed by atoms with Gasteiger partial charge < -0.3 is 9.47 Å². The Morgan fingerprint density at radius 2 is 1.95 bits per heavy atom. The minimum Gasteiger partial charge on any atom is -0.497 e. The molecule has 3 nitrogen and oxygen atoms in total. The van der Waals surface area contributed by atoms with E-state index in [0.29, 0.717) is 0 Å². The number of hydrogen-bond acceptors (Lipinski definition) is 3. The Balaban J connectivity index is 1.89. The Morgan fingerprint density at radius 1 is 1.20 bits per heavy atom. The molecule has 0 aromatic heterocycles. The molecule has 20 heavy (non-hydrogen) atoms. The maximum atomic E-state index is 12.0. The van der Waals surface area contributed by atoms with Gasteiger partial charge in [-0.1, -0.05) is 38.3 Å². The van der Waals surface area contributed by atoms with Crippen LogP contribution in [0, 0.1) is 5.92 Å². The molecule has 1 aromatic rings. The van der Waals surface area contributed by atoms with E-state index in [1.54, 1.807) is 7.11 Å². The smallest absolute Gasteiger partial charge is 0.309 e. The molecule has 1 saturated heterocycles. The van der Waals surface area contributed by atoms with Crippen molar-refractivity contribution in [3.63, 3.8) is 0 Å². The third kappa shape index (κ3) is 3.75. The number of methoxy groups -OCH3 is 1. The van der Waals surface area contributed by atoms with Crippen LogP contribution in [0.4, 0.5) is 0 Å². The van der Waals surface area contributed by atoms with Crippen molar-refractivity contribution < 1.29 is 14.3 Å². The molecule has 1 heterocycles. The highest BCUT2D eigenvalue weighted by molar-refractivity contribution is 5.73. The number of ether oxygens (including phenoxy) is 2. The van der Waals surface area contributed by atoms with Crippen LogP contribution < -0.4 is 4.74 Å². The van der Waals surface area contributed by atoms with Gasteiger partial charge in [0, 0.05) is 0 Å². The highest BCUT2D eigenvalue weighted by Crippen LogP contribution is 2.34. The third-order valence-corrected chi connectivity index (χ3v) is 4.01. The topological polar surface area (TPSA) is 35.5 Å². The summed E-state index contributed by atoms with van der Waals surface area (Å²) in [6.07, 6.45) is 6.28. The van der Waals surface area contributed by atoms with E-state index in [0.717, 1.165) is 37.0 Å². The highest BCUT2D eigenvalue weighted by Gasteiger charge is 2.30. The molecule has 1 aliphatic heterocycles. The molecule has 1 aliphatic rings. The quantitative estimate of drug-likeness (QED) is 0.575. The first-order valence-electron chi connectivity index (χ1n) is 7.59. The molecule has 2 rings (SSSR count). The lowest BCUT2D eigenvalue weighted by molar-refractivity contribution is -0.161. The van der Waals surface area contributed by atoms with Gasteiger partial charge in [0.25, 0.3) is 0 Å². The van der Waals surface area contributed by atoms with Crippen LogP contribution in [-0.2, 0) is 9.53 Å². The molecule has 0 spiro atoms. The average Bonchev–Trinajstić information content (AvgIpc) is 2.49. The van der Waals surface area contributed by atoms with Crippen LogP contribution in [0.1, 0.15) is 57.1 Å². The lowest BCUT2D eigenvalue weighted by atomic mass is 9.90. The van der Waals surface area contributed by atoms with Gasteiger partial charge in [0.15, 0.2) is 0 Å². The maximum absolute atomic E-state index is 12.0. The number of hydrogen-bond donors (Lipinski definition) is 0. The SMILES string of the molecule is CCCCCC1CCC(c2ccc(OC)cc2)OC1=O. The van der Waals surface area contributed by atoms with Crippen molar-refractivity contribution in [2.45, 2.75) is 51.6 Å². The van der Waals surface area contributed by atoms with E-state index in [-0.39, 0.29) is 18.0 Å². The van der Waals surface area contributed by atoms with Gasteiger partial charge in [-0.25, -0.2) is 0 Å². The second kappa shape index (κ2) is 7.32. The van der Waals surface area contributed by atoms with Gasteiger partial charge in [-0.3, -0.25) is 4.79 Å². The van der Waals surface area contributed by atoms with E-state index in [4.69, 9.17) is 9.47 Å². The molecule has 0 bridgehead atoms. The zero-order valence-electron chi connectivity index (χ0n) is 12.4. The zero-order chi connectivity index (χ0) is 14.4. The molecule has 0 amide bonds. The minimum atomic E-state index is -0.0872. The summed E-state index contributed by atoms with van der Waals surface area (Å²) in [5.41, 5.74) is 1.06. The van der Waals surface area contributed by atoms with Gasteiger partial charge in [0.1, 0.15) is 11.9 Å². The van der Waals surface area contributed by atoms with Crippen molar-refractivity contribution in [3.8, 4) is 5.75 Å². The van der Waals surface area contributed by atoms with Crippen molar-refractivity contribution in [1.29, 1.82) is 0 Å². The zero-order valence-corrected chi connectivity index (χ0v) is 12.4. The predicted octanol–water partition coefficient (Wildman–Crippen LogP) is 4.27. The second-order valence-electron chi connectivity index (χ2n) is 5.47. The molecule has 110 valence electrons. The molecule has 1 fully saturated rings.